The van der Waals surface area contributed by atoms with Gasteiger partial charge in [0.15, 0.2) is 0 Å². The Kier molecular flexibility index (Phi) is 2.46. The molecule has 0 N–H and O–H groups in total. The van der Waals surface area contributed by atoms with E-state index in [0.717, 1.165) is 6.42 Å². The van der Waals surface area contributed by atoms with Gasteiger partial charge in [0, 0.05) is 9.75 Å². The minimum absolute atomic E-state index is 0.886. The summed E-state index contributed by atoms with van der Waals surface area (Å²) in [7, 11) is 0. The lowest BCUT2D eigenvalue weighted by Gasteiger charge is -1.94. The predicted octanol–water partition coefficient (Wildman–Crippen LogP) is 3.79. The zero-order valence-corrected chi connectivity index (χ0v) is 8.18. The van der Waals surface area contributed by atoms with E-state index in [4.69, 9.17) is 0 Å². The highest BCUT2D eigenvalue weighted by atomic mass is 32.1. The van der Waals surface area contributed by atoms with E-state index >= 15 is 0 Å². The summed E-state index contributed by atoms with van der Waals surface area (Å²) in [4.78, 5) is 2.68. The van der Waals surface area contributed by atoms with Gasteiger partial charge < -0.3 is 0 Å². The van der Waals surface area contributed by atoms with Crippen LogP contribution in [0, 0.1) is 6.92 Å². The van der Waals surface area contributed by atoms with Crippen molar-refractivity contribution in [1.29, 1.82) is 0 Å². The largest absolute Gasteiger partial charge is 0.140 e. The minimum Gasteiger partial charge on any atom is -0.140 e. The average Bonchev–Trinajstić information content (AvgIpc) is 2.67. The molecule has 0 saturated carbocycles. The van der Waals surface area contributed by atoms with E-state index in [2.05, 4.69) is 43.3 Å². The first-order valence-electron chi connectivity index (χ1n) is 4.33. The average molecular weight is 187 g/mol. The number of rotatable bonds is 2. The summed E-state index contributed by atoms with van der Waals surface area (Å²) in [6.45, 7) is 3.87. The van der Waals surface area contributed by atoms with E-state index in [1.165, 1.54) is 15.3 Å². The van der Waals surface area contributed by atoms with Crippen molar-refractivity contribution in [2.24, 2.45) is 0 Å². The molecule has 65 valence electrons. The number of hydrogen-bond donors (Lipinski definition) is 0. The Morgan fingerprint density at radius 3 is 2.38 bits per heavy atom. The molecule has 0 aliphatic carbocycles. The smallest absolute Gasteiger partial charge is 0.0345 e. The molecule has 1 heteroatoms. The van der Waals surface area contributed by atoms with Crippen LogP contribution in [0.25, 0.3) is 10.4 Å². The highest BCUT2D eigenvalue weighted by molar-refractivity contribution is 7.15. The second-order valence-electron chi connectivity index (χ2n) is 2.88. The zero-order chi connectivity index (χ0) is 9.10. The monoisotopic (exact) mass is 187 g/mol. The molecule has 0 amide bonds. The number of thiophene rings is 1. The lowest BCUT2D eigenvalue weighted by Crippen LogP contribution is -1.68. The van der Waals surface area contributed by atoms with Crippen LogP contribution in [0.1, 0.15) is 4.88 Å². The summed E-state index contributed by atoms with van der Waals surface area (Å²) in [6, 6.07) is 14.8. The van der Waals surface area contributed by atoms with E-state index < -0.39 is 0 Å². The molecule has 1 radical (unpaired) electrons. The Hall–Kier alpha value is -1.08. The number of benzene rings is 1. The summed E-state index contributed by atoms with van der Waals surface area (Å²) in [5.41, 5.74) is 1.30. The zero-order valence-electron chi connectivity index (χ0n) is 7.36. The Morgan fingerprint density at radius 1 is 1.00 bits per heavy atom. The SMILES string of the molecule is [CH2]Cc1ccc(-c2ccccc2)s1. The van der Waals surface area contributed by atoms with Crippen molar-refractivity contribution in [2.45, 2.75) is 6.42 Å². The fourth-order valence-electron chi connectivity index (χ4n) is 1.27. The highest BCUT2D eigenvalue weighted by Crippen LogP contribution is 2.27. The molecule has 2 rings (SSSR count). The Labute approximate surface area is 82.9 Å². The van der Waals surface area contributed by atoms with Gasteiger partial charge >= 0.3 is 0 Å². The Balaban J connectivity index is 2.36. The second kappa shape index (κ2) is 3.75. The van der Waals surface area contributed by atoms with Crippen molar-refractivity contribution in [3.05, 3.63) is 54.3 Å². The van der Waals surface area contributed by atoms with E-state index in [1.54, 1.807) is 0 Å². The lowest BCUT2D eigenvalue weighted by atomic mass is 10.2. The van der Waals surface area contributed by atoms with Gasteiger partial charge in [-0.25, -0.2) is 0 Å². The molecule has 0 unspecified atom stereocenters. The molecule has 13 heavy (non-hydrogen) atoms. The molecule has 1 aromatic carbocycles. The van der Waals surface area contributed by atoms with Gasteiger partial charge in [-0.05, 0) is 31.0 Å². The first-order chi connectivity index (χ1) is 6.40. The molecule has 0 saturated heterocycles. The predicted molar refractivity (Wildman–Crippen MR) is 58.8 cm³/mol. The Morgan fingerprint density at radius 2 is 1.77 bits per heavy atom. The van der Waals surface area contributed by atoms with Crippen molar-refractivity contribution in [2.75, 3.05) is 0 Å². The standard InChI is InChI=1S/C12H11S/c1-2-11-8-9-12(13-11)10-6-4-3-5-7-10/h3-9H,1-2H2. The van der Waals surface area contributed by atoms with Crippen molar-refractivity contribution in [3.63, 3.8) is 0 Å². The number of hydrogen-bond acceptors (Lipinski definition) is 1. The minimum atomic E-state index is 0.886. The summed E-state index contributed by atoms with van der Waals surface area (Å²) < 4.78 is 0. The third-order valence-electron chi connectivity index (χ3n) is 1.97. The summed E-state index contributed by atoms with van der Waals surface area (Å²) in [6.07, 6.45) is 0.886. The van der Waals surface area contributed by atoms with E-state index in [1.807, 2.05) is 17.4 Å². The first-order valence-corrected chi connectivity index (χ1v) is 5.15. The van der Waals surface area contributed by atoms with Gasteiger partial charge in [0.05, 0.1) is 0 Å². The maximum Gasteiger partial charge on any atom is 0.0345 e. The molecule has 0 fully saturated rings. The summed E-state index contributed by atoms with van der Waals surface area (Å²) >= 11 is 1.82. The third-order valence-corrected chi connectivity index (χ3v) is 3.16. The summed E-state index contributed by atoms with van der Waals surface area (Å²) in [5, 5.41) is 0. The molecular weight excluding hydrogens is 176 g/mol. The van der Waals surface area contributed by atoms with Gasteiger partial charge in [-0.3, -0.25) is 0 Å². The molecule has 0 spiro atoms. The van der Waals surface area contributed by atoms with Crippen LogP contribution in [0.15, 0.2) is 42.5 Å². The van der Waals surface area contributed by atoms with Crippen LogP contribution in [-0.2, 0) is 6.42 Å². The maximum atomic E-state index is 3.87. The van der Waals surface area contributed by atoms with Gasteiger partial charge in [-0.1, -0.05) is 30.3 Å². The fourth-order valence-corrected chi connectivity index (χ4v) is 2.18. The molecule has 2 aromatic rings. The second-order valence-corrected chi connectivity index (χ2v) is 4.05. The molecular formula is C12H11S. The van der Waals surface area contributed by atoms with Crippen molar-refractivity contribution < 1.29 is 0 Å². The molecule has 1 aromatic heterocycles. The van der Waals surface area contributed by atoms with E-state index in [-0.39, 0.29) is 0 Å². The molecule has 0 nitrogen and oxygen atoms in total. The topological polar surface area (TPSA) is 0 Å². The summed E-state index contributed by atoms with van der Waals surface area (Å²) in [5.74, 6) is 0. The fraction of sp³-hybridized carbons (Fsp3) is 0.0833. The first kappa shape index (κ1) is 8.52. The molecule has 0 bridgehead atoms. The highest BCUT2D eigenvalue weighted by Gasteiger charge is 1.99. The van der Waals surface area contributed by atoms with Gasteiger partial charge in [-0.2, -0.15) is 0 Å². The van der Waals surface area contributed by atoms with Gasteiger partial charge in [-0.15, -0.1) is 11.3 Å². The van der Waals surface area contributed by atoms with Crippen molar-refractivity contribution in [3.8, 4) is 10.4 Å². The van der Waals surface area contributed by atoms with Crippen molar-refractivity contribution in [1.82, 2.24) is 0 Å². The van der Waals surface area contributed by atoms with Gasteiger partial charge in [0.2, 0.25) is 0 Å². The van der Waals surface area contributed by atoms with Gasteiger partial charge in [0.1, 0.15) is 0 Å². The maximum absolute atomic E-state index is 3.87. The van der Waals surface area contributed by atoms with Crippen LogP contribution in [-0.4, -0.2) is 0 Å². The third kappa shape index (κ3) is 1.81. The van der Waals surface area contributed by atoms with Crippen LogP contribution < -0.4 is 0 Å². The lowest BCUT2D eigenvalue weighted by molar-refractivity contribution is 1.35. The van der Waals surface area contributed by atoms with Crippen LogP contribution in [0.2, 0.25) is 0 Å². The Bertz CT molecular complexity index is 373. The molecule has 0 atom stereocenters. The van der Waals surface area contributed by atoms with Crippen LogP contribution in [0.4, 0.5) is 0 Å². The normalized spacial score (nSPS) is 10.2. The van der Waals surface area contributed by atoms with E-state index in [0.29, 0.717) is 0 Å². The van der Waals surface area contributed by atoms with Crippen LogP contribution >= 0.6 is 11.3 Å². The van der Waals surface area contributed by atoms with E-state index in [9.17, 15) is 0 Å². The van der Waals surface area contributed by atoms with Crippen LogP contribution in [0.3, 0.4) is 0 Å². The van der Waals surface area contributed by atoms with Gasteiger partial charge in [0.25, 0.3) is 0 Å². The molecule has 0 aliphatic rings. The molecule has 1 heterocycles. The molecule has 0 aliphatic heterocycles. The quantitative estimate of drug-likeness (QED) is 0.671. The van der Waals surface area contributed by atoms with Crippen LogP contribution in [0.5, 0.6) is 0 Å². The van der Waals surface area contributed by atoms with Crippen molar-refractivity contribution >= 4 is 11.3 Å².